The van der Waals surface area contributed by atoms with Crippen LogP contribution >= 0.6 is 12.4 Å². The molecule has 1 fully saturated rings. The molecule has 3 heteroatoms. The molecule has 2 rings (SSSR count). The van der Waals surface area contributed by atoms with Crippen LogP contribution in [0, 0.1) is 0 Å². The summed E-state index contributed by atoms with van der Waals surface area (Å²) in [5, 5.41) is 3.37. The second-order valence-electron chi connectivity index (χ2n) is 2.66. The molecule has 1 aromatic heterocycles. The van der Waals surface area contributed by atoms with Gasteiger partial charge in [0.05, 0.1) is 12.3 Å². The molecule has 11 heavy (non-hydrogen) atoms. The van der Waals surface area contributed by atoms with Gasteiger partial charge in [-0.2, -0.15) is 0 Å². The van der Waals surface area contributed by atoms with Crippen molar-refractivity contribution < 1.29 is 4.42 Å². The van der Waals surface area contributed by atoms with E-state index in [9.17, 15) is 0 Å². The van der Waals surface area contributed by atoms with Crippen LogP contribution in [-0.4, -0.2) is 6.54 Å². The van der Waals surface area contributed by atoms with Gasteiger partial charge in [-0.25, -0.2) is 0 Å². The first-order valence-electron chi connectivity index (χ1n) is 3.73. The first-order chi connectivity index (χ1) is 4.97. The maximum absolute atomic E-state index is 5.25. The third-order valence-electron chi connectivity index (χ3n) is 1.95. The molecule has 0 aliphatic carbocycles. The highest BCUT2D eigenvalue weighted by Crippen LogP contribution is 2.22. The molecule has 1 aliphatic heterocycles. The van der Waals surface area contributed by atoms with Gasteiger partial charge in [0.15, 0.2) is 0 Å². The summed E-state index contributed by atoms with van der Waals surface area (Å²) in [5.41, 5.74) is 0. The minimum absolute atomic E-state index is 0. The van der Waals surface area contributed by atoms with Crippen LogP contribution in [0.1, 0.15) is 24.6 Å². The van der Waals surface area contributed by atoms with Crippen molar-refractivity contribution in [3.8, 4) is 0 Å². The van der Waals surface area contributed by atoms with Gasteiger partial charge in [0.25, 0.3) is 0 Å². The van der Waals surface area contributed by atoms with E-state index in [1.807, 2.05) is 12.1 Å². The zero-order chi connectivity index (χ0) is 6.81. The fraction of sp³-hybridized carbons (Fsp3) is 0.500. The summed E-state index contributed by atoms with van der Waals surface area (Å²) in [6.07, 6.45) is 4.22. The largest absolute Gasteiger partial charge is 0.468 e. The minimum atomic E-state index is 0. The Morgan fingerprint density at radius 3 is 3.00 bits per heavy atom. The number of halogens is 1. The molecule has 1 aromatic rings. The van der Waals surface area contributed by atoms with E-state index in [1.54, 1.807) is 6.26 Å². The molecule has 0 spiro atoms. The number of rotatable bonds is 1. The monoisotopic (exact) mass is 173 g/mol. The van der Waals surface area contributed by atoms with Gasteiger partial charge in [0.2, 0.25) is 0 Å². The zero-order valence-electron chi connectivity index (χ0n) is 6.25. The van der Waals surface area contributed by atoms with Crippen molar-refractivity contribution in [2.45, 2.75) is 18.9 Å². The summed E-state index contributed by atoms with van der Waals surface area (Å²) in [5.74, 6) is 1.08. The maximum Gasteiger partial charge on any atom is 0.120 e. The molecular weight excluding hydrogens is 162 g/mol. The molecule has 0 radical (unpaired) electrons. The molecule has 0 aromatic carbocycles. The Bertz CT molecular complexity index is 192. The van der Waals surface area contributed by atoms with E-state index < -0.39 is 0 Å². The lowest BCUT2D eigenvalue weighted by Crippen LogP contribution is -2.11. The van der Waals surface area contributed by atoms with Gasteiger partial charge in [-0.3, -0.25) is 0 Å². The van der Waals surface area contributed by atoms with Crippen LogP contribution in [-0.2, 0) is 0 Å². The normalized spacial score (nSPS) is 23.1. The second-order valence-corrected chi connectivity index (χ2v) is 2.66. The van der Waals surface area contributed by atoms with Crippen molar-refractivity contribution in [3.05, 3.63) is 24.2 Å². The van der Waals surface area contributed by atoms with Gasteiger partial charge < -0.3 is 9.73 Å². The lowest BCUT2D eigenvalue weighted by molar-refractivity contribution is 0.446. The third-order valence-corrected chi connectivity index (χ3v) is 1.95. The molecule has 0 bridgehead atoms. The first kappa shape index (κ1) is 8.62. The Balaban J connectivity index is 0.000000605. The first-order valence-corrected chi connectivity index (χ1v) is 3.73. The molecule has 1 N–H and O–H groups in total. The summed E-state index contributed by atoms with van der Waals surface area (Å²) in [6.45, 7) is 1.13. The van der Waals surface area contributed by atoms with E-state index in [0.717, 1.165) is 12.3 Å². The molecule has 62 valence electrons. The second kappa shape index (κ2) is 3.79. The Morgan fingerprint density at radius 2 is 2.45 bits per heavy atom. The van der Waals surface area contributed by atoms with Crippen LogP contribution in [0.2, 0.25) is 0 Å². The Morgan fingerprint density at radius 1 is 1.55 bits per heavy atom. The molecular formula is C8H12ClNO. The fourth-order valence-electron chi connectivity index (χ4n) is 1.42. The molecule has 0 saturated carbocycles. The van der Waals surface area contributed by atoms with E-state index >= 15 is 0 Å². The molecule has 1 unspecified atom stereocenters. The van der Waals surface area contributed by atoms with Crippen LogP contribution in [0.5, 0.6) is 0 Å². The number of hydrogen-bond acceptors (Lipinski definition) is 2. The van der Waals surface area contributed by atoms with Gasteiger partial charge >= 0.3 is 0 Å². The SMILES string of the molecule is Cl.c1coc(C2CCCN2)c1. The smallest absolute Gasteiger partial charge is 0.120 e. The van der Waals surface area contributed by atoms with Crippen molar-refractivity contribution in [1.29, 1.82) is 0 Å². The van der Waals surface area contributed by atoms with Crippen molar-refractivity contribution in [2.75, 3.05) is 6.54 Å². The number of furan rings is 1. The molecule has 0 amide bonds. The van der Waals surface area contributed by atoms with E-state index in [4.69, 9.17) is 4.42 Å². The molecule has 1 atom stereocenters. The lowest BCUT2D eigenvalue weighted by atomic mass is 10.2. The lowest BCUT2D eigenvalue weighted by Gasteiger charge is -2.03. The third kappa shape index (κ3) is 1.76. The maximum atomic E-state index is 5.25. The minimum Gasteiger partial charge on any atom is -0.468 e. The van der Waals surface area contributed by atoms with E-state index in [0.29, 0.717) is 6.04 Å². The van der Waals surface area contributed by atoms with Crippen LogP contribution in [0.4, 0.5) is 0 Å². The highest BCUT2D eigenvalue weighted by Gasteiger charge is 2.17. The van der Waals surface area contributed by atoms with Gasteiger partial charge in [-0.05, 0) is 31.5 Å². The molecule has 2 nitrogen and oxygen atoms in total. The summed E-state index contributed by atoms with van der Waals surface area (Å²) >= 11 is 0. The zero-order valence-corrected chi connectivity index (χ0v) is 7.06. The van der Waals surface area contributed by atoms with Crippen molar-refractivity contribution >= 4 is 12.4 Å². The van der Waals surface area contributed by atoms with Crippen LogP contribution in [0.3, 0.4) is 0 Å². The topological polar surface area (TPSA) is 25.2 Å². The van der Waals surface area contributed by atoms with E-state index in [1.165, 1.54) is 12.8 Å². The predicted octanol–water partition coefficient (Wildman–Crippen LogP) is 2.13. The van der Waals surface area contributed by atoms with Gasteiger partial charge in [-0.1, -0.05) is 0 Å². The number of nitrogens with one attached hydrogen (secondary N) is 1. The van der Waals surface area contributed by atoms with Crippen LogP contribution in [0.25, 0.3) is 0 Å². The van der Waals surface area contributed by atoms with E-state index in [-0.39, 0.29) is 12.4 Å². The summed E-state index contributed by atoms with van der Waals surface area (Å²) < 4.78 is 5.25. The summed E-state index contributed by atoms with van der Waals surface area (Å²) in [7, 11) is 0. The summed E-state index contributed by atoms with van der Waals surface area (Å²) in [6, 6.07) is 4.45. The van der Waals surface area contributed by atoms with Crippen molar-refractivity contribution in [1.82, 2.24) is 5.32 Å². The predicted molar refractivity (Wildman–Crippen MR) is 45.9 cm³/mol. The molecule has 2 heterocycles. The van der Waals surface area contributed by atoms with Crippen LogP contribution in [0.15, 0.2) is 22.8 Å². The van der Waals surface area contributed by atoms with Crippen molar-refractivity contribution in [3.63, 3.8) is 0 Å². The Kier molecular flexibility index (Phi) is 2.97. The van der Waals surface area contributed by atoms with Crippen LogP contribution < -0.4 is 5.32 Å². The van der Waals surface area contributed by atoms with Crippen molar-refractivity contribution in [2.24, 2.45) is 0 Å². The Hall–Kier alpha value is -0.470. The fourth-order valence-corrected chi connectivity index (χ4v) is 1.42. The quantitative estimate of drug-likeness (QED) is 0.704. The average Bonchev–Trinajstić information content (AvgIpc) is 2.59. The average molecular weight is 174 g/mol. The summed E-state index contributed by atoms with van der Waals surface area (Å²) in [4.78, 5) is 0. The number of hydrogen-bond donors (Lipinski definition) is 1. The van der Waals surface area contributed by atoms with Gasteiger partial charge in [-0.15, -0.1) is 12.4 Å². The highest BCUT2D eigenvalue weighted by atomic mass is 35.5. The van der Waals surface area contributed by atoms with Gasteiger partial charge in [0, 0.05) is 0 Å². The molecule has 1 aliphatic rings. The highest BCUT2D eigenvalue weighted by molar-refractivity contribution is 5.85. The molecule has 1 saturated heterocycles. The Labute approximate surface area is 72.4 Å². The van der Waals surface area contributed by atoms with E-state index in [2.05, 4.69) is 5.32 Å². The standard InChI is InChI=1S/C8H11NO.ClH/c1-3-7(9-5-1)8-4-2-6-10-8;/h2,4,6-7,9H,1,3,5H2;1H. The van der Waals surface area contributed by atoms with Gasteiger partial charge in [0.1, 0.15) is 5.76 Å².